The topological polar surface area (TPSA) is 59.9 Å². The summed E-state index contributed by atoms with van der Waals surface area (Å²) in [6.07, 6.45) is 9.26. The van der Waals surface area contributed by atoms with E-state index in [0.29, 0.717) is 6.54 Å². The molecule has 0 aromatic heterocycles. The third-order valence-corrected chi connectivity index (χ3v) is 5.27. The van der Waals surface area contributed by atoms with E-state index in [4.69, 9.17) is 0 Å². The lowest BCUT2D eigenvalue weighted by Gasteiger charge is -2.33. The Balaban J connectivity index is 1.69. The lowest BCUT2D eigenvalue weighted by molar-refractivity contribution is 0.0574. The average Bonchev–Trinajstić information content (AvgIpc) is 2.98. The van der Waals surface area contributed by atoms with Gasteiger partial charge in [0.25, 0.3) is 0 Å². The quantitative estimate of drug-likeness (QED) is 0.381. The number of hydrogen-bond acceptors (Lipinski definition) is 3. The van der Waals surface area contributed by atoms with Gasteiger partial charge in [-0.05, 0) is 52.5 Å². The van der Waals surface area contributed by atoms with Gasteiger partial charge in [0.05, 0.1) is 12.1 Å². The van der Waals surface area contributed by atoms with Crippen LogP contribution in [0.1, 0.15) is 65.2 Å². The van der Waals surface area contributed by atoms with Crippen LogP contribution in [-0.2, 0) is 0 Å². The van der Waals surface area contributed by atoms with Crippen LogP contribution in [0.4, 0.5) is 0 Å². The molecule has 134 valence electrons. The van der Waals surface area contributed by atoms with E-state index < -0.39 is 5.60 Å². The maximum atomic E-state index is 10.4. The number of aliphatic imine (C=N–C) groups is 1. The third kappa shape index (κ3) is 6.30. The maximum Gasteiger partial charge on any atom is 0.191 e. The maximum absolute atomic E-state index is 10.4. The summed E-state index contributed by atoms with van der Waals surface area (Å²) in [5.74, 6) is 0.847. The monoisotopic (exact) mass is 324 g/mol. The van der Waals surface area contributed by atoms with Gasteiger partial charge in [-0.3, -0.25) is 4.99 Å². The Hall–Kier alpha value is -0.810. The summed E-state index contributed by atoms with van der Waals surface area (Å²) in [5.41, 5.74) is -0.564. The molecule has 2 aliphatic rings. The summed E-state index contributed by atoms with van der Waals surface area (Å²) in [6.45, 7) is 9.16. The van der Waals surface area contributed by atoms with E-state index in [-0.39, 0.29) is 0 Å². The second-order valence-corrected chi connectivity index (χ2v) is 7.29. The van der Waals surface area contributed by atoms with Crippen molar-refractivity contribution in [2.45, 2.75) is 76.9 Å². The number of guanidine groups is 1. The van der Waals surface area contributed by atoms with Crippen LogP contribution < -0.4 is 10.6 Å². The van der Waals surface area contributed by atoms with E-state index in [2.05, 4.69) is 34.4 Å². The van der Waals surface area contributed by atoms with E-state index in [0.717, 1.165) is 63.7 Å². The highest BCUT2D eigenvalue weighted by atomic mass is 16.3. The fourth-order valence-electron chi connectivity index (χ4n) is 3.74. The molecule has 1 saturated carbocycles. The summed E-state index contributed by atoms with van der Waals surface area (Å²) >= 11 is 0. The van der Waals surface area contributed by atoms with Gasteiger partial charge in [-0.25, -0.2) is 0 Å². The zero-order valence-electron chi connectivity index (χ0n) is 15.1. The van der Waals surface area contributed by atoms with Gasteiger partial charge in [-0.2, -0.15) is 0 Å². The van der Waals surface area contributed by atoms with Gasteiger partial charge in [0, 0.05) is 25.7 Å². The molecule has 1 aliphatic heterocycles. The number of hydrogen-bond donors (Lipinski definition) is 3. The molecular weight excluding hydrogens is 288 g/mol. The van der Waals surface area contributed by atoms with Gasteiger partial charge < -0.3 is 20.6 Å². The van der Waals surface area contributed by atoms with Crippen molar-refractivity contribution in [3.63, 3.8) is 0 Å². The van der Waals surface area contributed by atoms with Crippen molar-refractivity contribution in [2.24, 2.45) is 4.99 Å². The van der Waals surface area contributed by atoms with Crippen LogP contribution in [0.2, 0.25) is 0 Å². The molecule has 23 heavy (non-hydrogen) atoms. The zero-order valence-corrected chi connectivity index (χ0v) is 15.1. The molecule has 3 N–H and O–H groups in total. The molecule has 0 bridgehead atoms. The number of nitrogens with one attached hydrogen (secondary N) is 2. The highest BCUT2D eigenvalue weighted by Crippen LogP contribution is 2.29. The van der Waals surface area contributed by atoms with E-state index in [1.54, 1.807) is 0 Å². The molecule has 2 fully saturated rings. The van der Waals surface area contributed by atoms with Gasteiger partial charge in [-0.15, -0.1) is 0 Å². The minimum Gasteiger partial charge on any atom is -0.388 e. The predicted molar refractivity (Wildman–Crippen MR) is 96.9 cm³/mol. The summed E-state index contributed by atoms with van der Waals surface area (Å²) < 4.78 is 0. The molecule has 1 atom stereocenters. The first-order chi connectivity index (χ1) is 11.1. The zero-order chi connectivity index (χ0) is 16.5. The molecule has 1 unspecified atom stereocenters. The average molecular weight is 325 g/mol. The van der Waals surface area contributed by atoms with E-state index in [1.165, 1.54) is 25.8 Å². The Morgan fingerprint density at radius 3 is 2.70 bits per heavy atom. The summed E-state index contributed by atoms with van der Waals surface area (Å²) in [6, 6.07) is 0.738. The molecule has 0 amide bonds. The van der Waals surface area contributed by atoms with Crippen LogP contribution in [0.25, 0.3) is 0 Å². The second kappa shape index (κ2) is 9.48. The van der Waals surface area contributed by atoms with Gasteiger partial charge in [-0.1, -0.05) is 19.3 Å². The molecule has 1 saturated heterocycles. The Morgan fingerprint density at radius 1 is 1.22 bits per heavy atom. The molecule has 5 heteroatoms. The smallest absolute Gasteiger partial charge is 0.191 e. The molecule has 5 nitrogen and oxygen atoms in total. The fourth-order valence-corrected chi connectivity index (χ4v) is 3.74. The van der Waals surface area contributed by atoms with Crippen LogP contribution in [0.15, 0.2) is 4.99 Å². The summed E-state index contributed by atoms with van der Waals surface area (Å²) in [5, 5.41) is 17.1. The molecule has 0 aromatic carbocycles. The molecular formula is C18H36N4O. The Morgan fingerprint density at radius 2 is 2.00 bits per heavy atom. The molecule has 1 aliphatic carbocycles. The molecule has 0 radical (unpaired) electrons. The number of likely N-dealkylation sites (tertiary alicyclic amines) is 1. The van der Waals surface area contributed by atoms with E-state index in [9.17, 15) is 5.11 Å². The fraction of sp³-hybridized carbons (Fsp3) is 0.944. The SMILES string of the molecule is CCNC(=NCC1(O)CCCC1)NCCCN1CCCCC1C. The first kappa shape index (κ1) is 18.5. The van der Waals surface area contributed by atoms with Crippen LogP contribution in [0.5, 0.6) is 0 Å². The van der Waals surface area contributed by atoms with Gasteiger partial charge in [0.15, 0.2) is 5.96 Å². The van der Waals surface area contributed by atoms with Gasteiger partial charge in [0.1, 0.15) is 0 Å². The van der Waals surface area contributed by atoms with Crippen LogP contribution in [-0.4, -0.2) is 60.3 Å². The largest absolute Gasteiger partial charge is 0.388 e. The highest BCUT2D eigenvalue weighted by Gasteiger charge is 2.30. The molecule has 0 spiro atoms. The van der Waals surface area contributed by atoms with Crippen molar-refractivity contribution < 1.29 is 5.11 Å². The lowest BCUT2D eigenvalue weighted by atomic mass is 10.0. The second-order valence-electron chi connectivity index (χ2n) is 7.29. The number of piperidine rings is 1. The summed E-state index contributed by atoms with van der Waals surface area (Å²) in [7, 11) is 0. The van der Waals surface area contributed by atoms with Crippen LogP contribution in [0.3, 0.4) is 0 Å². The van der Waals surface area contributed by atoms with Gasteiger partial charge in [0.2, 0.25) is 0 Å². The van der Waals surface area contributed by atoms with Crippen LogP contribution in [0, 0.1) is 0 Å². The lowest BCUT2D eigenvalue weighted by Crippen LogP contribution is -2.42. The molecule has 0 aromatic rings. The normalized spacial score (nSPS) is 25.5. The minimum atomic E-state index is -0.564. The van der Waals surface area contributed by atoms with Crippen molar-refractivity contribution in [2.75, 3.05) is 32.7 Å². The number of aliphatic hydroxyl groups is 1. The predicted octanol–water partition coefficient (Wildman–Crippen LogP) is 2.11. The standard InChI is InChI=1S/C18H36N4O/c1-3-19-17(21-15-18(23)10-5-6-11-18)20-12-8-14-22-13-7-4-9-16(22)2/h16,23H,3-15H2,1-2H3,(H2,19,20,21). The van der Waals surface area contributed by atoms with Crippen molar-refractivity contribution in [3.8, 4) is 0 Å². The van der Waals surface area contributed by atoms with E-state index >= 15 is 0 Å². The van der Waals surface area contributed by atoms with Crippen molar-refractivity contribution in [1.29, 1.82) is 0 Å². The van der Waals surface area contributed by atoms with Crippen molar-refractivity contribution in [1.82, 2.24) is 15.5 Å². The van der Waals surface area contributed by atoms with Gasteiger partial charge >= 0.3 is 0 Å². The Labute approximate surface area is 141 Å². The highest BCUT2D eigenvalue weighted by molar-refractivity contribution is 5.79. The van der Waals surface area contributed by atoms with Crippen LogP contribution >= 0.6 is 0 Å². The summed E-state index contributed by atoms with van der Waals surface area (Å²) in [4.78, 5) is 7.20. The Bertz CT molecular complexity index is 366. The minimum absolute atomic E-state index is 0.519. The van der Waals surface area contributed by atoms with Crippen molar-refractivity contribution >= 4 is 5.96 Å². The molecule has 1 heterocycles. The van der Waals surface area contributed by atoms with E-state index in [1.807, 2.05) is 0 Å². The molecule has 2 rings (SSSR count). The first-order valence-electron chi connectivity index (χ1n) is 9.61. The third-order valence-electron chi connectivity index (χ3n) is 5.27. The first-order valence-corrected chi connectivity index (χ1v) is 9.61. The number of nitrogens with zero attached hydrogens (tertiary/aromatic N) is 2. The Kier molecular flexibility index (Phi) is 7.63. The number of rotatable bonds is 7. The van der Waals surface area contributed by atoms with Crippen molar-refractivity contribution in [3.05, 3.63) is 0 Å².